The van der Waals surface area contributed by atoms with E-state index in [0.29, 0.717) is 29.1 Å². The van der Waals surface area contributed by atoms with Gasteiger partial charge < -0.3 is 10.1 Å². The van der Waals surface area contributed by atoms with Gasteiger partial charge in [0, 0.05) is 17.3 Å². The second-order valence-electron chi connectivity index (χ2n) is 5.96. The van der Waals surface area contributed by atoms with Gasteiger partial charge in [0.25, 0.3) is 0 Å². The first-order valence-corrected chi connectivity index (χ1v) is 10.2. The van der Waals surface area contributed by atoms with E-state index in [0.717, 1.165) is 5.56 Å². The van der Waals surface area contributed by atoms with E-state index in [1.807, 2.05) is 24.3 Å². The number of methoxy groups -OCH3 is 1. The second-order valence-corrected chi connectivity index (χ2v) is 7.81. The average molecular weight is 388 g/mol. The molecule has 0 fully saturated rings. The Balaban J connectivity index is 2.14. The second kappa shape index (κ2) is 9.23. The van der Waals surface area contributed by atoms with Crippen LogP contribution < -0.4 is 14.8 Å². The van der Waals surface area contributed by atoms with Crippen molar-refractivity contribution in [3.8, 4) is 5.75 Å². The van der Waals surface area contributed by atoms with Crippen LogP contribution in [0, 0.1) is 6.92 Å². The summed E-state index contributed by atoms with van der Waals surface area (Å²) in [5.74, 6) is 0.396. The predicted octanol–water partition coefficient (Wildman–Crippen LogP) is 3.81. The highest BCUT2D eigenvalue weighted by molar-refractivity contribution is 7.92. The highest BCUT2D eigenvalue weighted by Gasteiger charge is 2.12. The van der Waals surface area contributed by atoms with Crippen molar-refractivity contribution in [3.05, 3.63) is 59.7 Å². The molecule has 6 nitrogen and oxygen atoms in total. The zero-order valence-electron chi connectivity index (χ0n) is 15.7. The fourth-order valence-electron chi connectivity index (χ4n) is 2.51. The number of hydrogen-bond acceptors (Lipinski definition) is 4. The minimum atomic E-state index is -3.40. The van der Waals surface area contributed by atoms with Gasteiger partial charge in [-0.25, -0.2) is 8.42 Å². The lowest BCUT2D eigenvalue weighted by molar-refractivity contribution is -0.111. The van der Waals surface area contributed by atoms with E-state index in [1.54, 1.807) is 45.2 Å². The van der Waals surface area contributed by atoms with Crippen LogP contribution in [0.25, 0.3) is 6.08 Å². The molecule has 0 atom stereocenters. The Labute approximate surface area is 160 Å². The molecule has 2 aromatic rings. The normalized spacial score (nSPS) is 11.4. The van der Waals surface area contributed by atoms with Crippen molar-refractivity contribution < 1.29 is 17.9 Å². The first-order chi connectivity index (χ1) is 12.9. The molecule has 0 heterocycles. The lowest BCUT2D eigenvalue weighted by atomic mass is 10.1. The number of hydrogen-bond donors (Lipinski definition) is 2. The Morgan fingerprint density at radius 1 is 1.11 bits per heavy atom. The lowest BCUT2D eigenvalue weighted by Crippen LogP contribution is -2.17. The fraction of sp³-hybridized carbons (Fsp3) is 0.250. The summed E-state index contributed by atoms with van der Waals surface area (Å²) in [5.41, 5.74) is 2.43. The molecule has 2 rings (SSSR count). The first kappa shape index (κ1) is 20.5. The van der Waals surface area contributed by atoms with Crippen LogP contribution in [0.2, 0.25) is 0 Å². The van der Waals surface area contributed by atoms with E-state index in [4.69, 9.17) is 4.74 Å². The maximum atomic E-state index is 12.3. The summed E-state index contributed by atoms with van der Waals surface area (Å²) in [4.78, 5) is 12.3. The smallest absolute Gasteiger partial charge is 0.248 e. The molecule has 2 aromatic carbocycles. The summed E-state index contributed by atoms with van der Waals surface area (Å²) in [5, 5.41) is 2.77. The predicted molar refractivity (Wildman–Crippen MR) is 110 cm³/mol. The minimum absolute atomic E-state index is 0.0463. The van der Waals surface area contributed by atoms with Gasteiger partial charge in [-0.2, -0.15) is 0 Å². The Hall–Kier alpha value is -2.80. The van der Waals surface area contributed by atoms with E-state index >= 15 is 0 Å². The number of para-hydroxylation sites is 1. The van der Waals surface area contributed by atoms with Gasteiger partial charge in [0.05, 0.1) is 18.6 Å². The zero-order chi connectivity index (χ0) is 19.9. The number of carbonyl (C=O) groups is 1. The molecule has 0 saturated carbocycles. The van der Waals surface area contributed by atoms with Gasteiger partial charge in [-0.3, -0.25) is 9.52 Å². The quantitative estimate of drug-likeness (QED) is 0.674. The first-order valence-electron chi connectivity index (χ1n) is 8.58. The van der Waals surface area contributed by atoms with E-state index in [1.165, 1.54) is 6.08 Å². The molecule has 144 valence electrons. The summed E-state index contributed by atoms with van der Waals surface area (Å²) in [6, 6.07) is 12.5. The van der Waals surface area contributed by atoms with Crippen LogP contribution in [-0.2, 0) is 14.8 Å². The molecular weight excluding hydrogens is 364 g/mol. The topological polar surface area (TPSA) is 84.5 Å². The van der Waals surface area contributed by atoms with Crippen molar-refractivity contribution >= 4 is 33.4 Å². The summed E-state index contributed by atoms with van der Waals surface area (Å²) in [7, 11) is -1.83. The van der Waals surface area contributed by atoms with Crippen molar-refractivity contribution in [2.45, 2.75) is 20.3 Å². The van der Waals surface area contributed by atoms with Crippen molar-refractivity contribution in [1.82, 2.24) is 0 Å². The van der Waals surface area contributed by atoms with E-state index in [9.17, 15) is 13.2 Å². The third-order valence-corrected chi connectivity index (χ3v) is 5.36. The third-order valence-electron chi connectivity index (χ3n) is 3.88. The largest absolute Gasteiger partial charge is 0.496 e. The molecule has 0 aliphatic carbocycles. The number of amides is 1. The van der Waals surface area contributed by atoms with Crippen LogP contribution in [0.4, 0.5) is 11.4 Å². The molecule has 0 spiro atoms. The van der Waals surface area contributed by atoms with Crippen LogP contribution >= 0.6 is 0 Å². The van der Waals surface area contributed by atoms with E-state index in [-0.39, 0.29) is 11.7 Å². The SMILES string of the molecule is CCCS(=O)(=O)Nc1cccc(NC(=O)/C=C/c2ccccc2OC)c1C. The standard InChI is InChI=1S/C20H24N2O4S/c1-4-14-27(24,25)22-18-10-7-9-17(15(18)2)21-20(23)13-12-16-8-5-6-11-19(16)26-3/h5-13,22H,4,14H2,1-3H3,(H,21,23)/b13-12+. The molecule has 0 radical (unpaired) electrons. The fourth-order valence-corrected chi connectivity index (χ4v) is 3.71. The van der Waals surface area contributed by atoms with Crippen molar-refractivity contribution in [1.29, 1.82) is 0 Å². The molecule has 1 amide bonds. The number of rotatable bonds is 8. The van der Waals surface area contributed by atoms with Crippen molar-refractivity contribution in [2.75, 3.05) is 22.9 Å². The summed E-state index contributed by atoms with van der Waals surface area (Å²) in [6.45, 7) is 3.56. The Bertz CT molecular complexity index is 937. The highest BCUT2D eigenvalue weighted by Crippen LogP contribution is 2.25. The molecule has 7 heteroatoms. The zero-order valence-corrected chi connectivity index (χ0v) is 16.5. The Kier molecular flexibility index (Phi) is 7.01. The lowest BCUT2D eigenvalue weighted by Gasteiger charge is -2.13. The molecule has 0 unspecified atom stereocenters. The van der Waals surface area contributed by atoms with Gasteiger partial charge in [-0.05, 0) is 43.2 Å². The van der Waals surface area contributed by atoms with E-state index < -0.39 is 10.0 Å². The summed E-state index contributed by atoms with van der Waals surface area (Å²) >= 11 is 0. The van der Waals surface area contributed by atoms with Crippen LogP contribution in [0.1, 0.15) is 24.5 Å². The Morgan fingerprint density at radius 3 is 2.52 bits per heavy atom. The Morgan fingerprint density at radius 2 is 1.81 bits per heavy atom. The van der Waals surface area contributed by atoms with Gasteiger partial charge >= 0.3 is 0 Å². The summed E-state index contributed by atoms with van der Waals surface area (Å²) < 4.78 is 31.8. The molecular formula is C20H24N2O4S. The number of benzene rings is 2. The molecule has 27 heavy (non-hydrogen) atoms. The van der Waals surface area contributed by atoms with Crippen LogP contribution in [0.15, 0.2) is 48.5 Å². The van der Waals surface area contributed by atoms with Gasteiger partial charge in [-0.1, -0.05) is 31.2 Å². The summed E-state index contributed by atoms with van der Waals surface area (Å²) in [6.07, 6.45) is 3.60. The maximum Gasteiger partial charge on any atom is 0.248 e. The molecule has 0 aliphatic heterocycles. The van der Waals surface area contributed by atoms with Crippen LogP contribution in [0.5, 0.6) is 5.75 Å². The van der Waals surface area contributed by atoms with Gasteiger partial charge in [-0.15, -0.1) is 0 Å². The minimum Gasteiger partial charge on any atom is -0.496 e. The van der Waals surface area contributed by atoms with Gasteiger partial charge in [0.15, 0.2) is 0 Å². The molecule has 0 bridgehead atoms. The number of ether oxygens (including phenoxy) is 1. The number of nitrogens with one attached hydrogen (secondary N) is 2. The van der Waals surface area contributed by atoms with E-state index in [2.05, 4.69) is 10.0 Å². The molecule has 0 aliphatic rings. The van der Waals surface area contributed by atoms with Crippen molar-refractivity contribution in [3.63, 3.8) is 0 Å². The number of sulfonamides is 1. The molecule has 2 N–H and O–H groups in total. The van der Waals surface area contributed by atoms with Gasteiger partial charge in [0.1, 0.15) is 5.75 Å². The van der Waals surface area contributed by atoms with Crippen LogP contribution in [-0.4, -0.2) is 27.2 Å². The monoisotopic (exact) mass is 388 g/mol. The van der Waals surface area contributed by atoms with Gasteiger partial charge in [0.2, 0.25) is 15.9 Å². The maximum absolute atomic E-state index is 12.3. The highest BCUT2D eigenvalue weighted by atomic mass is 32.2. The van der Waals surface area contributed by atoms with Crippen molar-refractivity contribution in [2.24, 2.45) is 0 Å². The average Bonchev–Trinajstić information content (AvgIpc) is 2.63. The number of anilines is 2. The molecule has 0 aromatic heterocycles. The third kappa shape index (κ3) is 5.86. The molecule has 0 saturated heterocycles. The number of carbonyl (C=O) groups excluding carboxylic acids is 1. The van der Waals surface area contributed by atoms with Crippen LogP contribution in [0.3, 0.4) is 0 Å².